The van der Waals surface area contributed by atoms with Crippen LogP contribution >= 0.6 is 0 Å². The molecule has 0 aliphatic carbocycles. The van der Waals surface area contributed by atoms with Crippen LogP contribution in [0.2, 0.25) is 0 Å². The van der Waals surface area contributed by atoms with Gasteiger partial charge < -0.3 is 14.6 Å². The van der Waals surface area contributed by atoms with Crippen molar-refractivity contribution < 1.29 is 14.0 Å². The summed E-state index contributed by atoms with van der Waals surface area (Å²) in [6, 6.07) is 11.6. The minimum atomic E-state index is -0.154. The van der Waals surface area contributed by atoms with Gasteiger partial charge in [0.15, 0.2) is 0 Å². The first kappa shape index (κ1) is 17.8. The van der Waals surface area contributed by atoms with E-state index in [0.717, 1.165) is 43.8 Å². The fourth-order valence-electron chi connectivity index (χ4n) is 4.07. The van der Waals surface area contributed by atoms with Gasteiger partial charge in [-0.2, -0.15) is 0 Å². The SMILES string of the molecule is O=C(NCc1ccco1)[C@H]1CCCN1CCC(=O)N1CCc2ccccc21. The van der Waals surface area contributed by atoms with Gasteiger partial charge in [-0.15, -0.1) is 0 Å². The molecule has 1 N–H and O–H groups in total. The van der Waals surface area contributed by atoms with Crippen LogP contribution in [0, 0.1) is 0 Å². The molecule has 1 atom stereocenters. The molecule has 142 valence electrons. The highest BCUT2D eigenvalue weighted by Gasteiger charge is 2.31. The molecule has 6 nitrogen and oxygen atoms in total. The van der Waals surface area contributed by atoms with E-state index in [2.05, 4.69) is 16.3 Å². The summed E-state index contributed by atoms with van der Waals surface area (Å²) in [7, 11) is 0. The standard InChI is InChI=1S/C21H25N3O3/c25-20(24-13-9-16-5-1-2-7-18(16)24)10-12-23-11-3-8-19(23)21(26)22-15-17-6-4-14-27-17/h1-2,4-7,14,19H,3,8-13,15H2,(H,22,26)/t19-/m1/s1. The quantitative estimate of drug-likeness (QED) is 0.851. The normalized spacial score (nSPS) is 19.3. The first-order valence-corrected chi connectivity index (χ1v) is 9.65. The van der Waals surface area contributed by atoms with Gasteiger partial charge in [-0.1, -0.05) is 18.2 Å². The number of para-hydroxylation sites is 1. The molecular formula is C21H25N3O3. The van der Waals surface area contributed by atoms with Gasteiger partial charge in [0.2, 0.25) is 11.8 Å². The Hall–Kier alpha value is -2.60. The average Bonchev–Trinajstić information content (AvgIpc) is 3.44. The average molecular weight is 367 g/mol. The Morgan fingerprint density at radius 3 is 2.89 bits per heavy atom. The summed E-state index contributed by atoms with van der Waals surface area (Å²) >= 11 is 0. The van der Waals surface area contributed by atoms with Gasteiger partial charge in [0.25, 0.3) is 0 Å². The molecule has 0 unspecified atom stereocenters. The molecule has 0 radical (unpaired) electrons. The lowest BCUT2D eigenvalue weighted by atomic mass is 10.2. The largest absolute Gasteiger partial charge is 0.467 e. The van der Waals surface area contributed by atoms with Gasteiger partial charge in [-0.3, -0.25) is 14.5 Å². The molecule has 27 heavy (non-hydrogen) atoms. The van der Waals surface area contributed by atoms with Crippen molar-refractivity contribution in [2.24, 2.45) is 0 Å². The molecule has 2 amide bonds. The third-order valence-corrected chi connectivity index (χ3v) is 5.48. The van der Waals surface area contributed by atoms with Gasteiger partial charge in [0, 0.05) is 25.2 Å². The summed E-state index contributed by atoms with van der Waals surface area (Å²) < 4.78 is 5.26. The van der Waals surface area contributed by atoms with Crippen molar-refractivity contribution in [3.8, 4) is 0 Å². The summed E-state index contributed by atoms with van der Waals surface area (Å²) in [5.74, 6) is 0.903. The molecule has 1 saturated heterocycles. The van der Waals surface area contributed by atoms with Crippen molar-refractivity contribution in [1.29, 1.82) is 0 Å². The Balaban J connectivity index is 1.29. The van der Waals surface area contributed by atoms with Crippen molar-refractivity contribution in [2.75, 3.05) is 24.5 Å². The van der Waals surface area contributed by atoms with Crippen molar-refractivity contribution in [2.45, 2.75) is 38.3 Å². The highest BCUT2D eigenvalue weighted by molar-refractivity contribution is 5.95. The van der Waals surface area contributed by atoms with Crippen LogP contribution in [0.3, 0.4) is 0 Å². The van der Waals surface area contributed by atoms with Gasteiger partial charge in [0.05, 0.1) is 18.8 Å². The predicted molar refractivity (Wildman–Crippen MR) is 102 cm³/mol. The van der Waals surface area contributed by atoms with Crippen LogP contribution in [0.1, 0.15) is 30.6 Å². The summed E-state index contributed by atoms with van der Waals surface area (Å²) in [5, 5.41) is 2.94. The van der Waals surface area contributed by atoms with Gasteiger partial charge in [-0.25, -0.2) is 0 Å². The van der Waals surface area contributed by atoms with E-state index in [4.69, 9.17) is 4.42 Å². The molecule has 1 aromatic heterocycles. The van der Waals surface area contributed by atoms with E-state index in [1.807, 2.05) is 35.2 Å². The van der Waals surface area contributed by atoms with Gasteiger partial charge in [-0.05, 0) is 49.6 Å². The van der Waals surface area contributed by atoms with Crippen LogP contribution in [0.15, 0.2) is 47.1 Å². The molecule has 2 aliphatic rings. The van der Waals surface area contributed by atoms with E-state index in [1.165, 1.54) is 5.56 Å². The minimum Gasteiger partial charge on any atom is -0.467 e. The Kier molecular flexibility index (Phi) is 5.25. The summed E-state index contributed by atoms with van der Waals surface area (Å²) in [4.78, 5) is 29.3. The number of likely N-dealkylation sites (tertiary alicyclic amines) is 1. The smallest absolute Gasteiger partial charge is 0.237 e. The first-order chi connectivity index (χ1) is 13.2. The number of carbonyl (C=O) groups is 2. The zero-order chi connectivity index (χ0) is 18.6. The molecule has 2 aromatic rings. The molecule has 0 bridgehead atoms. The highest BCUT2D eigenvalue weighted by Crippen LogP contribution is 2.28. The van der Waals surface area contributed by atoms with Gasteiger partial charge >= 0.3 is 0 Å². The highest BCUT2D eigenvalue weighted by atomic mass is 16.3. The van der Waals surface area contributed by atoms with Crippen molar-refractivity contribution in [1.82, 2.24) is 10.2 Å². The number of nitrogens with zero attached hydrogens (tertiary/aromatic N) is 2. The maximum absolute atomic E-state index is 12.7. The number of hydrogen-bond acceptors (Lipinski definition) is 4. The van der Waals surface area contributed by atoms with E-state index in [1.54, 1.807) is 6.26 Å². The van der Waals surface area contributed by atoms with Crippen LogP contribution in [0.25, 0.3) is 0 Å². The molecule has 4 rings (SSSR count). The Morgan fingerprint density at radius 1 is 1.15 bits per heavy atom. The lowest BCUT2D eigenvalue weighted by molar-refractivity contribution is -0.126. The maximum atomic E-state index is 12.7. The Bertz CT molecular complexity index is 803. The number of benzene rings is 1. The Morgan fingerprint density at radius 2 is 2.04 bits per heavy atom. The lowest BCUT2D eigenvalue weighted by Crippen LogP contribution is -2.44. The predicted octanol–water partition coefficient (Wildman–Crippen LogP) is 2.34. The minimum absolute atomic E-state index is 0.0165. The fraction of sp³-hybridized carbons (Fsp3) is 0.429. The van der Waals surface area contributed by atoms with Crippen LogP contribution in [-0.2, 0) is 22.6 Å². The van der Waals surface area contributed by atoms with Crippen molar-refractivity contribution >= 4 is 17.5 Å². The number of amides is 2. The number of hydrogen-bond donors (Lipinski definition) is 1. The zero-order valence-corrected chi connectivity index (χ0v) is 15.4. The second kappa shape index (κ2) is 7.96. The maximum Gasteiger partial charge on any atom is 0.237 e. The number of furan rings is 1. The van der Waals surface area contributed by atoms with E-state index in [9.17, 15) is 9.59 Å². The molecule has 0 saturated carbocycles. The topological polar surface area (TPSA) is 65.8 Å². The molecule has 2 aliphatic heterocycles. The summed E-state index contributed by atoms with van der Waals surface area (Å²) in [5.41, 5.74) is 2.28. The van der Waals surface area contributed by atoms with Crippen LogP contribution in [-0.4, -0.2) is 42.4 Å². The van der Waals surface area contributed by atoms with Crippen LogP contribution < -0.4 is 10.2 Å². The van der Waals surface area contributed by atoms with Crippen LogP contribution in [0.5, 0.6) is 0 Å². The molecule has 3 heterocycles. The van der Waals surface area contributed by atoms with E-state index < -0.39 is 0 Å². The second-order valence-electron chi connectivity index (χ2n) is 7.17. The third kappa shape index (κ3) is 3.90. The van der Waals surface area contributed by atoms with Crippen molar-refractivity contribution in [3.05, 3.63) is 54.0 Å². The summed E-state index contributed by atoms with van der Waals surface area (Å²) in [6.45, 7) is 2.64. The number of nitrogens with one attached hydrogen (secondary N) is 1. The van der Waals surface area contributed by atoms with E-state index >= 15 is 0 Å². The molecule has 1 fully saturated rings. The Labute approximate surface area is 159 Å². The molecule has 1 aromatic carbocycles. The third-order valence-electron chi connectivity index (χ3n) is 5.48. The number of anilines is 1. The van der Waals surface area contributed by atoms with E-state index in [0.29, 0.717) is 19.5 Å². The number of carbonyl (C=O) groups excluding carboxylic acids is 2. The molecule has 0 spiro atoms. The molecule has 6 heteroatoms. The monoisotopic (exact) mass is 367 g/mol. The van der Waals surface area contributed by atoms with E-state index in [-0.39, 0.29) is 17.9 Å². The molecular weight excluding hydrogens is 342 g/mol. The van der Waals surface area contributed by atoms with Gasteiger partial charge in [0.1, 0.15) is 5.76 Å². The number of rotatable bonds is 6. The first-order valence-electron chi connectivity index (χ1n) is 9.65. The van der Waals surface area contributed by atoms with Crippen molar-refractivity contribution in [3.63, 3.8) is 0 Å². The second-order valence-corrected chi connectivity index (χ2v) is 7.17. The zero-order valence-electron chi connectivity index (χ0n) is 15.4. The fourth-order valence-corrected chi connectivity index (χ4v) is 4.07. The summed E-state index contributed by atoms with van der Waals surface area (Å²) in [6.07, 6.45) is 4.79. The lowest BCUT2D eigenvalue weighted by Gasteiger charge is -2.24. The number of fused-ring (bicyclic) bond motifs is 1. The van der Waals surface area contributed by atoms with Crippen LogP contribution in [0.4, 0.5) is 5.69 Å².